The molecule has 0 unspecified atom stereocenters. The van der Waals surface area contributed by atoms with Crippen molar-refractivity contribution in [2.24, 2.45) is 0 Å². The van der Waals surface area contributed by atoms with Crippen LogP contribution in [0.4, 0.5) is 0 Å². The van der Waals surface area contributed by atoms with E-state index in [2.05, 4.69) is 29.4 Å². The van der Waals surface area contributed by atoms with Gasteiger partial charge in [-0.25, -0.2) is 5.10 Å². The molecular formula is C24H43ClN5O+. The first-order valence-corrected chi connectivity index (χ1v) is 12.7. The van der Waals surface area contributed by atoms with Crippen LogP contribution in [-0.4, -0.2) is 21.3 Å². The zero-order valence-corrected chi connectivity index (χ0v) is 20.6. The second-order valence-electron chi connectivity index (χ2n) is 8.56. The average molecular weight is 453 g/mol. The number of hydroxylamine groups is 1. The Morgan fingerprint density at radius 3 is 2.42 bits per heavy atom. The number of allylic oxidation sites excluding steroid dienone is 1. The summed E-state index contributed by atoms with van der Waals surface area (Å²) < 4.78 is 3.93. The number of H-pyrrole nitrogens is 1. The Labute approximate surface area is 193 Å². The molecule has 7 heteroatoms. The summed E-state index contributed by atoms with van der Waals surface area (Å²) in [6, 6.07) is 0. The molecule has 0 aliphatic heterocycles. The molecule has 0 atom stereocenters. The zero-order chi connectivity index (χ0) is 22.3. The van der Waals surface area contributed by atoms with E-state index in [1.54, 1.807) is 0 Å². The van der Waals surface area contributed by atoms with Gasteiger partial charge < -0.3 is 4.84 Å². The molecule has 0 radical (unpaired) electrons. The van der Waals surface area contributed by atoms with Crippen LogP contribution in [-0.2, 0) is 11.4 Å². The molecule has 0 spiro atoms. The number of rotatable bonds is 18. The van der Waals surface area contributed by atoms with Gasteiger partial charge in [0.15, 0.2) is 0 Å². The number of aromatic amines is 1. The first-order chi connectivity index (χ1) is 15.2. The number of aryl methyl sites for hydroxylation is 2. The Kier molecular flexibility index (Phi) is 12.7. The number of unbranched alkanes of at least 4 members (excludes halogenated alkanes) is 8. The molecule has 0 aliphatic carbocycles. The fourth-order valence-electron chi connectivity index (χ4n) is 3.80. The molecule has 2 aromatic heterocycles. The van der Waals surface area contributed by atoms with Gasteiger partial charge in [-0.05, 0) is 44.6 Å². The largest absolute Gasteiger partial charge is 0.417 e. The summed E-state index contributed by atoms with van der Waals surface area (Å²) in [6.45, 7) is 8.10. The van der Waals surface area contributed by atoms with E-state index in [0.29, 0.717) is 5.02 Å². The fraction of sp³-hybridized carbons (Fsp3) is 0.750. The summed E-state index contributed by atoms with van der Waals surface area (Å²) in [5, 5.41) is 3.91. The topological polar surface area (TPSA) is 58.2 Å². The highest BCUT2D eigenvalue weighted by molar-refractivity contribution is 6.34. The van der Waals surface area contributed by atoms with Crippen molar-refractivity contribution < 1.29 is 9.52 Å². The van der Waals surface area contributed by atoms with Crippen LogP contribution in [0, 0.1) is 6.92 Å². The van der Waals surface area contributed by atoms with E-state index in [0.717, 1.165) is 43.7 Å². The first-order valence-electron chi connectivity index (χ1n) is 12.3. The SMILES string of the molecule is CCCCCCCC/C(=C/ONCCC[n+]1cnc2c(Cl)c(C)[nH]n21)CCCCCC. The van der Waals surface area contributed by atoms with E-state index in [1.165, 1.54) is 69.8 Å². The Balaban J connectivity index is 1.68. The van der Waals surface area contributed by atoms with Crippen LogP contribution >= 0.6 is 11.6 Å². The minimum absolute atomic E-state index is 0.683. The smallest absolute Gasteiger partial charge is 0.292 e. The van der Waals surface area contributed by atoms with Gasteiger partial charge in [0, 0.05) is 6.54 Å². The van der Waals surface area contributed by atoms with Crippen molar-refractivity contribution in [2.75, 3.05) is 6.54 Å². The summed E-state index contributed by atoms with van der Waals surface area (Å²) >= 11 is 6.24. The molecule has 2 aromatic rings. The predicted molar refractivity (Wildman–Crippen MR) is 128 cm³/mol. The maximum Gasteiger partial charge on any atom is 0.292 e. The van der Waals surface area contributed by atoms with Gasteiger partial charge >= 0.3 is 0 Å². The van der Waals surface area contributed by atoms with Crippen molar-refractivity contribution in [3.63, 3.8) is 0 Å². The summed E-state index contributed by atoms with van der Waals surface area (Å²) in [5.74, 6) is 0. The average Bonchev–Trinajstić information content (AvgIpc) is 3.29. The molecule has 0 bridgehead atoms. The highest BCUT2D eigenvalue weighted by Crippen LogP contribution is 2.18. The van der Waals surface area contributed by atoms with Gasteiger partial charge in [0.2, 0.25) is 6.33 Å². The van der Waals surface area contributed by atoms with E-state index in [9.17, 15) is 0 Å². The Morgan fingerprint density at radius 2 is 1.71 bits per heavy atom. The molecule has 2 heterocycles. The van der Waals surface area contributed by atoms with E-state index in [4.69, 9.17) is 16.4 Å². The number of hydrogen-bond acceptors (Lipinski definition) is 3. The molecule has 0 amide bonds. The van der Waals surface area contributed by atoms with E-state index >= 15 is 0 Å². The molecule has 0 saturated carbocycles. The van der Waals surface area contributed by atoms with Crippen molar-refractivity contribution in [2.45, 2.75) is 111 Å². The summed E-state index contributed by atoms with van der Waals surface area (Å²) in [4.78, 5) is 10.1. The lowest BCUT2D eigenvalue weighted by atomic mass is 10.0. The van der Waals surface area contributed by atoms with Gasteiger partial charge in [-0.3, -0.25) is 0 Å². The maximum atomic E-state index is 6.24. The van der Waals surface area contributed by atoms with Gasteiger partial charge in [0.1, 0.15) is 17.0 Å². The van der Waals surface area contributed by atoms with Crippen LogP contribution in [0.3, 0.4) is 0 Å². The third-order valence-electron chi connectivity index (χ3n) is 5.75. The van der Waals surface area contributed by atoms with Gasteiger partial charge in [-0.2, -0.15) is 10.2 Å². The van der Waals surface area contributed by atoms with Crippen molar-refractivity contribution in [1.29, 1.82) is 0 Å². The van der Waals surface area contributed by atoms with E-state index in [1.807, 2.05) is 28.8 Å². The molecule has 31 heavy (non-hydrogen) atoms. The molecular weight excluding hydrogens is 410 g/mol. The number of fused-ring (bicyclic) bond motifs is 1. The van der Waals surface area contributed by atoms with Crippen LogP contribution in [0.25, 0.3) is 5.65 Å². The quantitative estimate of drug-likeness (QED) is 0.118. The van der Waals surface area contributed by atoms with Crippen molar-refractivity contribution in [1.82, 2.24) is 20.2 Å². The van der Waals surface area contributed by atoms with Crippen LogP contribution in [0.5, 0.6) is 0 Å². The zero-order valence-electron chi connectivity index (χ0n) is 19.9. The van der Waals surface area contributed by atoms with Crippen molar-refractivity contribution in [3.05, 3.63) is 28.9 Å². The predicted octanol–water partition coefficient (Wildman–Crippen LogP) is 6.43. The normalized spacial score (nSPS) is 12.2. The van der Waals surface area contributed by atoms with Gasteiger partial charge in [-0.15, -0.1) is 0 Å². The van der Waals surface area contributed by atoms with E-state index < -0.39 is 0 Å². The molecule has 0 aliphatic rings. The Bertz CT molecular complexity index is 767. The molecule has 0 aromatic carbocycles. The first kappa shape index (κ1) is 25.7. The van der Waals surface area contributed by atoms with Crippen molar-refractivity contribution >= 4 is 17.2 Å². The van der Waals surface area contributed by atoms with E-state index in [-0.39, 0.29) is 0 Å². The summed E-state index contributed by atoms with van der Waals surface area (Å²) in [6.07, 6.45) is 20.3. The second kappa shape index (κ2) is 15.3. The number of nitrogens with zero attached hydrogens (tertiary/aromatic N) is 3. The third-order valence-corrected chi connectivity index (χ3v) is 6.20. The minimum Gasteiger partial charge on any atom is -0.417 e. The molecule has 0 saturated heterocycles. The van der Waals surface area contributed by atoms with Gasteiger partial charge in [0.05, 0.1) is 6.54 Å². The van der Waals surface area contributed by atoms with Crippen LogP contribution < -0.4 is 10.2 Å². The van der Waals surface area contributed by atoms with Gasteiger partial charge in [-0.1, -0.05) is 86.4 Å². The van der Waals surface area contributed by atoms with Crippen LogP contribution in [0.2, 0.25) is 5.02 Å². The Hall–Kier alpha value is -1.53. The number of nitrogens with one attached hydrogen (secondary N) is 2. The number of halogens is 1. The van der Waals surface area contributed by atoms with Crippen LogP contribution in [0.1, 0.15) is 103 Å². The molecule has 2 N–H and O–H groups in total. The molecule has 6 nitrogen and oxygen atoms in total. The Morgan fingerprint density at radius 1 is 1.06 bits per heavy atom. The fourth-order valence-corrected chi connectivity index (χ4v) is 3.97. The number of aromatic nitrogens is 4. The molecule has 2 rings (SSSR count). The molecule has 176 valence electrons. The van der Waals surface area contributed by atoms with Crippen LogP contribution in [0.15, 0.2) is 18.2 Å². The number of hydrogen-bond donors (Lipinski definition) is 2. The highest BCUT2D eigenvalue weighted by Gasteiger charge is 2.17. The lowest BCUT2D eigenvalue weighted by molar-refractivity contribution is -0.766. The minimum atomic E-state index is 0.683. The molecule has 0 fully saturated rings. The second-order valence-corrected chi connectivity index (χ2v) is 8.94. The lowest BCUT2D eigenvalue weighted by Crippen LogP contribution is -2.40. The summed E-state index contributed by atoms with van der Waals surface area (Å²) in [7, 11) is 0. The highest BCUT2D eigenvalue weighted by atomic mass is 35.5. The monoisotopic (exact) mass is 452 g/mol. The maximum absolute atomic E-state index is 6.24. The third kappa shape index (κ3) is 9.24. The van der Waals surface area contributed by atoms with Gasteiger partial charge in [0.25, 0.3) is 5.65 Å². The summed E-state index contributed by atoms with van der Waals surface area (Å²) in [5.41, 5.74) is 6.26. The standard InChI is InChI=1S/C24H42ClN5O/c1-4-6-8-10-11-13-16-22(15-12-9-7-5-2)19-31-27-17-14-18-29-20-26-24-23(25)21(3)28-30(24)29/h19-20,27H,4-18H2,1-3H3/p+1/b22-19+. The van der Waals surface area contributed by atoms with Crippen molar-refractivity contribution in [3.8, 4) is 0 Å². The lowest BCUT2D eigenvalue weighted by Gasteiger charge is -2.09.